The summed E-state index contributed by atoms with van der Waals surface area (Å²) >= 11 is 0. The van der Waals surface area contributed by atoms with Gasteiger partial charge in [-0.1, -0.05) is 6.92 Å². The Hall–Kier alpha value is -2.69. The molecular weight excluding hydrogens is 290 g/mol. The van der Waals surface area contributed by atoms with Crippen LogP contribution in [-0.4, -0.2) is 23.3 Å². The van der Waals surface area contributed by atoms with Crippen molar-refractivity contribution in [2.24, 2.45) is 0 Å². The maximum Gasteiger partial charge on any atom is 0.251 e. The number of rotatable bonds is 5. The van der Waals surface area contributed by atoms with Crippen molar-refractivity contribution >= 4 is 17.5 Å². The molecule has 0 saturated carbocycles. The average Bonchev–Trinajstić information content (AvgIpc) is 2.89. The molecule has 0 fully saturated rings. The number of hydrogen-bond donors (Lipinski definition) is 1. The lowest BCUT2D eigenvalue weighted by molar-refractivity contribution is -0.117. The van der Waals surface area contributed by atoms with Crippen LogP contribution >= 0.6 is 0 Å². The number of carbonyl (C=O) groups excluding carboxylic acids is 2. The summed E-state index contributed by atoms with van der Waals surface area (Å²) in [5, 5.41) is 2.89. The summed E-state index contributed by atoms with van der Waals surface area (Å²) in [6, 6.07) is 9.21. The molecule has 2 amide bonds. The van der Waals surface area contributed by atoms with Crippen molar-refractivity contribution in [1.29, 1.82) is 0 Å². The average molecular weight is 309 g/mol. The van der Waals surface area contributed by atoms with Crippen molar-refractivity contribution in [1.82, 2.24) is 10.3 Å². The zero-order valence-electron chi connectivity index (χ0n) is 13.1. The fourth-order valence-corrected chi connectivity index (χ4v) is 2.78. The topological polar surface area (TPSA) is 62.3 Å². The molecule has 118 valence electrons. The van der Waals surface area contributed by atoms with Crippen molar-refractivity contribution in [2.75, 3.05) is 11.4 Å². The lowest BCUT2D eigenvalue weighted by atomic mass is 10.1. The fourth-order valence-electron chi connectivity index (χ4n) is 2.78. The Kier molecular flexibility index (Phi) is 4.37. The lowest BCUT2D eigenvalue weighted by Crippen LogP contribution is -2.27. The Labute approximate surface area is 135 Å². The third kappa shape index (κ3) is 3.23. The van der Waals surface area contributed by atoms with Crippen LogP contribution in [0.2, 0.25) is 0 Å². The molecule has 0 aliphatic carbocycles. The third-order valence-corrected chi connectivity index (χ3v) is 3.92. The number of hydrogen-bond acceptors (Lipinski definition) is 3. The van der Waals surface area contributed by atoms with Crippen LogP contribution in [0.4, 0.5) is 5.69 Å². The molecule has 0 radical (unpaired) electrons. The molecule has 1 N–H and O–H groups in total. The van der Waals surface area contributed by atoms with Crippen molar-refractivity contribution in [3.8, 4) is 0 Å². The van der Waals surface area contributed by atoms with Crippen LogP contribution in [-0.2, 0) is 17.8 Å². The minimum atomic E-state index is -0.133. The molecule has 5 nitrogen and oxygen atoms in total. The minimum absolute atomic E-state index is 0.108. The van der Waals surface area contributed by atoms with Crippen LogP contribution in [0.15, 0.2) is 42.7 Å². The number of aromatic nitrogens is 1. The molecule has 0 atom stereocenters. The van der Waals surface area contributed by atoms with Crippen molar-refractivity contribution in [3.63, 3.8) is 0 Å². The fraction of sp³-hybridized carbons (Fsp3) is 0.278. The van der Waals surface area contributed by atoms with Crippen molar-refractivity contribution < 1.29 is 9.59 Å². The van der Waals surface area contributed by atoms with Crippen LogP contribution in [0.1, 0.15) is 34.8 Å². The van der Waals surface area contributed by atoms with Crippen molar-refractivity contribution in [3.05, 3.63) is 59.4 Å². The normalized spacial score (nSPS) is 13.1. The SMILES string of the molecule is CCCN1C(=O)Cc2cc(C(=O)NCc3ccncc3)ccc21. The number of fused-ring (bicyclic) bond motifs is 1. The summed E-state index contributed by atoms with van der Waals surface area (Å²) < 4.78 is 0. The van der Waals surface area contributed by atoms with Gasteiger partial charge < -0.3 is 10.2 Å². The number of nitrogens with one attached hydrogen (secondary N) is 1. The van der Waals surface area contributed by atoms with E-state index >= 15 is 0 Å². The smallest absolute Gasteiger partial charge is 0.251 e. The predicted molar refractivity (Wildman–Crippen MR) is 88.2 cm³/mol. The second-order valence-corrected chi connectivity index (χ2v) is 5.60. The maximum absolute atomic E-state index is 12.3. The molecule has 1 aromatic heterocycles. The number of benzene rings is 1. The van der Waals surface area contributed by atoms with E-state index < -0.39 is 0 Å². The van der Waals surface area contributed by atoms with E-state index in [1.165, 1.54) is 0 Å². The molecule has 1 aliphatic rings. The Morgan fingerprint density at radius 2 is 2.04 bits per heavy atom. The van der Waals surface area contributed by atoms with E-state index in [4.69, 9.17) is 0 Å². The maximum atomic E-state index is 12.3. The molecule has 3 rings (SSSR count). The van der Waals surface area contributed by atoms with Gasteiger partial charge in [-0.2, -0.15) is 0 Å². The third-order valence-electron chi connectivity index (χ3n) is 3.92. The van der Waals surface area contributed by atoms with E-state index in [-0.39, 0.29) is 11.8 Å². The highest BCUT2D eigenvalue weighted by atomic mass is 16.2. The highest BCUT2D eigenvalue weighted by molar-refractivity contribution is 6.03. The summed E-state index contributed by atoms with van der Waals surface area (Å²) in [5.41, 5.74) is 3.45. The molecule has 0 unspecified atom stereocenters. The first-order valence-corrected chi connectivity index (χ1v) is 7.79. The van der Waals surface area contributed by atoms with Crippen LogP contribution in [0.25, 0.3) is 0 Å². The summed E-state index contributed by atoms with van der Waals surface area (Å²) in [6.07, 6.45) is 4.69. The van der Waals surface area contributed by atoms with Gasteiger partial charge in [0.2, 0.25) is 5.91 Å². The number of pyridine rings is 1. The van der Waals surface area contributed by atoms with Crippen molar-refractivity contribution in [2.45, 2.75) is 26.3 Å². The van der Waals surface area contributed by atoms with E-state index in [9.17, 15) is 9.59 Å². The van der Waals surface area contributed by atoms with Gasteiger partial charge >= 0.3 is 0 Å². The Morgan fingerprint density at radius 3 is 2.78 bits per heavy atom. The molecule has 23 heavy (non-hydrogen) atoms. The van der Waals surface area contributed by atoms with Crippen LogP contribution in [0, 0.1) is 0 Å². The summed E-state index contributed by atoms with van der Waals surface area (Å²) in [7, 11) is 0. The highest BCUT2D eigenvalue weighted by Crippen LogP contribution is 2.29. The van der Waals surface area contributed by atoms with Gasteiger partial charge in [0.05, 0.1) is 6.42 Å². The number of carbonyl (C=O) groups is 2. The minimum Gasteiger partial charge on any atom is -0.348 e. The largest absolute Gasteiger partial charge is 0.348 e. The van der Waals surface area contributed by atoms with Gasteiger partial charge in [-0.05, 0) is 47.9 Å². The van der Waals surface area contributed by atoms with Crippen LogP contribution in [0.3, 0.4) is 0 Å². The number of amides is 2. The summed E-state index contributed by atoms with van der Waals surface area (Å²) in [6.45, 7) is 3.23. The van der Waals surface area contributed by atoms with Crippen LogP contribution < -0.4 is 10.2 Å². The molecule has 1 aliphatic heterocycles. The van der Waals surface area contributed by atoms with Gasteiger partial charge in [0.15, 0.2) is 0 Å². The second kappa shape index (κ2) is 6.60. The van der Waals surface area contributed by atoms with Gasteiger partial charge in [-0.3, -0.25) is 14.6 Å². The second-order valence-electron chi connectivity index (χ2n) is 5.60. The first-order valence-electron chi connectivity index (χ1n) is 7.79. The Morgan fingerprint density at radius 1 is 1.26 bits per heavy atom. The molecule has 2 heterocycles. The molecule has 0 bridgehead atoms. The van der Waals surface area contributed by atoms with E-state index in [1.54, 1.807) is 23.4 Å². The predicted octanol–water partition coefficient (Wildman–Crippen LogP) is 2.31. The molecule has 0 spiro atoms. The first kappa shape index (κ1) is 15.2. The number of anilines is 1. The zero-order valence-corrected chi connectivity index (χ0v) is 13.1. The summed E-state index contributed by atoms with van der Waals surface area (Å²) in [4.78, 5) is 30.1. The van der Waals surface area contributed by atoms with E-state index in [2.05, 4.69) is 10.3 Å². The zero-order chi connectivity index (χ0) is 16.2. The Bertz CT molecular complexity index is 728. The highest BCUT2D eigenvalue weighted by Gasteiger charge is 2.27. The van der Waals surface area contributed by atoms with Gasteiger partial charge in [0.25, 0.3) is 5.91 Å². The molecule has 5 heteroatoms. The van der Waals surface area contributed by atoms with E-state index in [0.29, 0.717) is 18.5 Å². The van der Waals surface area contributed by atoms with Crippen LogP contribution in [0.5, 0.6) is 0 Å². The van der Waals surface area contributed by atoms with E-state index in [0.717, 1.165) is 29.8 Å². The molecular formula is C18H19N3O2. The van der Waals surface area contributed by atoms with Gasteiger partial charge in [-0.15, -0.1) is 0 Å². The number of nitrogens with zero attached hydrogens (tertiary/aromatic N) is 2. The van der Waals surface area contributed by atoms with E-state index in [1.807, 2.05) is 31.2 Å². The molecule has 2 aromatic rings. The lowest BCUT2D eigenvalue weighted by Gasteiger charge is -2.16. The quantitative estimate of drug-likeness (QED) is 0.922. The molecule has 1 aromatic carbocycles. The Balaban J connectivity index is 1.71. The summed E-state index contributed by atoms with van der Waals surface area (Å²) in [5.74, 6) is -0.0257. The van der Waals surface area contributed by atoms with Gasteiger partial charge in [-0.25, -0.2) is 0 Å². The molecule has 0 saturated heterocycles. The first-order chi connectivity index (χ1) is 11.2. The van der Waals surface area contributed by atoms with Gasteiger partial charge in [0.1, 0.15) is 0 Å². The standard InChI is InChI=1S/C18H19N3O2/c1-2-9-21-16-4-3-14(10-15(16)11-17(21)22)18(23)20-12-13-5-7-19-8-6-13/h3-8,10H,2,9,11-12H2,1H3,(H,20,23). The monoisotopic (exact) mass is 309 g/mol. The van der Waals surface area contributed by atoms with Gasteiger partial charge in [0, 0.05) is 36.7 Å².